The molecule has 1 heteroatoms. The molecule has 0 unspecified atom stereocenters. The molecule has 33 heavy (non-hydrogen) atoms. The minimum Gasteiger partial charge on any atom is -0.205 e. The Morgan fingerprint density at radius 3 is 1.15 bits per heavy atom. The lowest BCUT2D eigenvalue weighted by Crippen LogP contribution is -2.32. The van der Waals surface area contributed by atoms with Gasteiger partial charge in [0.1, 0.15) is 6.54 Å². The molecule has 0 atom stereocenters. The van der Waals surface area contributed by atoms with Gasteiger partial charge in [0.25, 0.3) is 0 Å². The Labute approximate surface area is 209 Å². The number of hydrogen-bond acceptors (Lipinski definition) is 0. The van der Waals surface area contributed by atoms with Crippen LogP contribution in [0.2, 0.25) is 0 Å². The Morgan fingerprint density at radius 1 is 0.424 bits per heavy atom. The van der Waals surface area contributed by atoms with Crippen LogP contribution in [0.4, 0.5) is 0 Å². The molecule has 0 spiro atoms. The summed E-state index contributed by atoms with van der Waals surface area (Å²) in [7, 11) is 0. The fourth-order valence-electron chi connectivity index (χ4n) is 4.93. The van der Waals surface area contributed by atoms with Gasteiger partial charge in [-0.05, 0) is 24.8 Å². The van der Waals surface area contributed by atoms with Gasteiger partial charge < -0.3 is 0 Å². The Morgan fingerprint density at radius 2 is 0.758 bits per heavy atom. The third kappa shape index (κ3) is 20.3. The molecule has 0 aliphatic heterocycles. The molecular weight excluding hydrogens is 398 g/mol. The summed E-state index contributed by atoms with van der Waals surface area (Å²) in [4.78, 5) is 0. The van der Waals surface area contributed by atoms with Crippen molar-refractivity contribution in [2.45, 2.75) is 174 Å². The number of aryl methyl sites for hydroxylation is 2. The fourth-order valence-corrected chi connectivity index (χ4v) is 4.93. The van der Waals surface area contributed by atoms with Crippen molar-refractivity contribution in [3.63, 3.8) is 0 Å². The van der Waals surface area contributed by atoms with Crippen molar-refractivity contribution in [1.29, 1.82) is 0 Å². The fraction of sp³-hybridized carbons (Fsp3) is 0.844. The SMILES string of the molecule is CCCCCCCCCCCCCCCCCC[n+]1ccc(CCCCCCCCC)cc1. The summed E-state index contributed by atoms with van der Waals surface area (Å²) < 4.78 is 2.39. The van der Waals surface area contributed by atoms with Crippen LogP contribution in [-0.4, -0.2) is 0 Å². The van der Waals surface area contributed by atoms with Crippen LogP contribution in [0, 0.1) is 0 Å². The van der Waals surface area contributed by atoms with E-state index in [1.165, 1.54) is 166 Å². The molecule has 0 bridgehead atoms. The van der Waals surface area contributed by atoms with Crippen LogP contribution >= 0.6 is 0 Å². The zero-order chi connectivity index (χ0) is 23.7. The molecular formula is C32H60N+. The lowest BCUT2D eigenvalue weighted by Gasteiger charge is -2.04. The molecule has 1 aromatic heterocycles. The topological polar surface area (TPSA) is 3.88 Å². The largest absolute Gasteiger partial charge is 0.205 e. The van der Waals surface area contributed by atoms with Gasteiger partial charge in [-0.2, -0.15) is 0 Å². The van der Waals surface area contributed by atoms with Crippen molar-refractivity contribution in [3.8, 4) is 0 Å². The van der Waals surface area contributed by atoms with Gasteiger partial charge in [0, 0.05) is 18.6 Å². The van der Waals surface area contributed by atoms with Crippen LogP contribution in [0.15, 0.2) is 24.5 Å². The maximum absolute atomic E-state index is 2.39. The lowest BCUT2D eigenvalue weighted by molar-refractivity contribution is -0.697. The number of aromatic nitrogens is 1. The highest BCUT2D eigenvalue weighted by Crippen LogP contribution is 2.14. The predicted molar refractivity (Wildman–Crippen MR) is 148 cm³/mol. The van der Waals surface area contributed by atoms with E-state index in [4.69, 9.17) is 0 Å². The first kappa shape index (κ1) is 30.2. The second-order valence-corrected chi connectivity index (χ2v) is 10.6. The average molecular weight is 459 g/mol. The van der Waals surface area contributed by atoms with E-state index in [0.29, 0.717) is 0 Å². The van der Waals surface area contributed by atoms with Gasteiger partial charge in [-0.1, -0.05) is 142 Å². The Bertz CT molecular complexity index is 492. The number of hydrogen-bond donors (Lipinski definition) is 0. The normalized spacial score (nSPS) is 11.3. The van der Waals surface area contributed by atoms with Gasteiger partial charge in [0.05, 0.1) is 0 Å². The second kappa shape index (κ2) is 24.3. The summed E-state index contributed by atoms with van der Waals surface area (Å²) in [6, 6.07) is 4.70. The standard InChI is InChI=1S/C32H60N/c1-3-5-7-9-11-12-13-14-15-16-17-18-19-21-23-25-29-33-30-27-32(28-31-33)26-24-22-20-10-8-6-4-2/h27-28,30-31H,3-26,29H2,1-2H3/q+1. The zero-order valence-corrected chi connectivity index (χ0v) is 22.9. The van der Waals surface area contributed by atoms with E-state index in [-0.39, 0.29) is 0 Å². The first-order chi connectivity index (χ1) is 16.4. The van der Waals surface area contributed by atoms with E-state index in [1.54, 1.807) is 0 Å². The smallest absolute Gasteiger partial charge is 0.169 e. The van der Waals surface area contributed by atoms with Crippen molar-refractivity contribution in [2.24, 2.45) is 0 Å². The van der Waals surface area contributed by atoms with E-state index >= 15 is 0 Å². The monoisotopic (exact) mass is 458 g/mol. The second-order valence-electron chi connectivity index (χ2n) is 10.6. The van der Waals surface area contributed by atoms with Crippen LogP contribution < -0.4 is 4.57 Å². The molecule has 1 aromatic rings. The summed E-state index contributed by atoms with van der Waals surface area (Å²) in [6.07, 6.45) is 38.8. The van der Waals surface area contributed by atoms with Gasteiger partial charge >= 0.3 is 0 Å². The van der Waals surface area contributed by atoms with Gasteiger partial charge in [-0.15, -0.1) is 0 Å². The first-order valence-corrected chi connectivity index (χ1v) is 15.3. The third-order valence-corrected chi connectivity index (χ3v) is 7.30. The van der Waals surface area contributed by atoms with Crippen molar-refractivity contribution < 1.29 is 4.57 Å². The molecule has 1 heterocycles. The Hall–Kier alpha value is -0.850. The van der Waals surface area contributed by atoms with E-state index < -0.39 is 0 Å². The quantitative estimate of drug-likeness (QED) is 0.101. The summed E-state index contributed by atoms with van der Waals surface area (Å²) in [5.74, 6) is 0. The first-order valence-electron chi connectivity index (χ1n) is 15.3. The summed E-state index contributed by atoms with van der Waals surface area (Å²) >= 11 is 0. The average Bonchev–Trinajstić information content (AvgIpc) is 2.84. The molecule has 0 saturated carbocycles. The van der Waals surface area contributed by atoms with E-state index in [9.17, 15) is 0 Å². The van der Waals surface area contributed by atoms with E-state index in [1.807, 2.05) is 0 Å². The lowest BCUT2D eigenvalue weighted by atomic mass is 10.0. The molecule has 1 rings (SSSR count). The van der Waals surface area contributed by atoms with Gasteiger partial charge in [0.2, 0.25) is 0 Å². The Kier molecular flexibility index (Phi) is 22.2. The van der Waals surface area contributed by atoms with Crippen LogP contribution in [-0.2, 0) is 13.0 Å². The summed E-state index contributed by atoms with van der Waals surface area (Å²) in [5.41, 5.74) is 1.52. The van der Waals surface area contributed by atoms with E-state index in [2.05, 4.69) is 42.9 Å². The van der Waals surface area contributed by atoms with Gasteiger partial charge in [-0.25, -0.2) is 4.57 Å². The van der Waals surface area contributed by atoms with Crippen molar-refractivity contribution in [2.75, 3.05) is 0 Å². The number of rotatable bonds is 25. The highest BCUT2D eigenvalue weighted by Gasteiger charge is 2.02. The molecule has 0 aliphatic rings. The van der Waals surface area contributed by atoms with Gasteiger partial charge in [0.15, 0.2) is 12.4 Å². The number of unbranched alkanes of at least 4 members (excludes halogenated alkanes) is 21. The minimum absolute atomic E-state index is 1.19. The summed E-state index contributed by atoms with van der Waals surface area (Å²) in [6.45, 7) is 5.79. The van der Waals surface area contributed by atoms with Gasteiger partial charge in [-0.3, -0.25) is 0 Å². The maximum Gasteiger partial charge on any atom is 0.169 e. The van der Waals surface area contributed by atoms with Crippen LogP contribution in [0.5, 0.6) is 0 Å². The number of nitrogens with zero attached hydrogens (tertiary/aromatic N) is 1. The third-order valence-electron chi connectivity index (χ3n) is 7.30. The molecule has 0 fully saturated rings. The molecule has 0 N–H and O–H groups in total. The Balaban J connectivity index is 1.84. The van der Waals surface area contributed by atoms with E-state index in [0.717, 1.165) is 0 Å². The highest BCUT2D eigenvalue weighted by molar-refractivity contribution is 5.07. The molecule has 0 radical (unpaired) electrons. The molecule has 0 saturated heterocycles. The maximum atomic E-state index is 2.39. The predicted octanol–water partition coefficient (Wildman–Crippen LogP) is 10.5. The number of pyridine rings is 1. The van der Waals surface area contributed by atoms with Crippen molar-refractivity contribution in [3.05, 3.63) is 30.1 Å². The van der Waals surface area contributed by atoms with Crippen LogP contribution in [0.3, 0.4) is 0 Å². The zero-order valence-electron chi connectivity index (χ0n) is 22.9. The molecule has 0 aliphatic carbocycles. The van der Waals surface area contributed by atoms with Crippen LogP contribution in [0.1, 0.15) is 167 Å². The molecule has 0 aromatic carbocycles. The molecule has 1 nitrogen and oxygen atoms in total. The molecule has 192 valence electrons. The minimum atomic E-state index is 1.19. The van der Waals surface area contributed by atoms with Crippen molar-refractivity contribution >= 4 is 0 Å². The highest BCUT2D eigenvalue weighted by atomic mass is 14.9. The molecule has 0 amide bonds. The summed E-state index contributed by atoms with van der Waals surface area (Å²) in [5, 5.41) is 0. The van der Waals surface area contributed by atoms with Crippen molar-refractivity contribution in [1.82, 2.24) is 0 Å². The van der Waals surface area contributed by atoms with Crippen LogP contribution in [0.25, 0.3) is 0 Å².